The van der Waals surface area contributed by atoms with Crippen molar-refractivity contribution < 1.29 is 28.6 Å². The van der Waals surface area contributed by atoms with E-state index in [-0.39, 0.29) is 11.4 Å². The number of esters is 2. The lowest BCUT2D eigenvalue weighted by Crippen LogP contribution is -2.22. The van der Waals surface area contributed by atoms with Gasteiger partial charge in [0.1, 0.15) is 30.3 Å². The van der Waals surface area contributed by atoms with Gasteiger partial charge in [0.2, 0.25) is 0 Å². The van der Waals surface area contributed by atoms with Crippen LogP contribution in [0, 0.1) is 0 Å². The summed E-state index contributed by atoms with van der Waals surface area (Å²) >= 11 is 0. The molecule has 4 rings (SSSR count). The van der Waals surface area contributed by atoms with Gasteiger partial charge in [-0.3, -0.25) is 9.36 Å². The molecule has 0 aliphatic carbocycles. The maximum atomic E-state index is 12.3. The predicted molar refractivity (Wildman–Crippen MR) is 109 cm³/mol. The van der Waals surface area contributed by atoms with Crippen LogP contribution in [0.3, 0.4) is 0 Å². The number of aliphatic hydroxyl groups excluding tert-OH is 1. The smallest absolute Gasteiger partial charge is 0.420 e. The first-order valence-corrected chi connectivity index (χ1v) is 9.17. The molecule has 2 N–H and O–H groups in total. The molecule has 2 heterocycles. The molecule has 0 fully saturated rings. The Hall–Kier alpha value is -4.34. The Morgan fingerprint density at radius 2 is 1.90 bits per heavy atom. The normalized spacial score (nSPS) is 12.0. The minimum absolute atomic E-state index is 0.0682. The summed E-state index contributed by atoms with van der Waals surface area (Å²) in [5.41, 5.74) is 1.73. The van der Waals surface area contributed by atoms with E-state index in [9.17, 15) is 19.5 Å². The molecule has 10 nitrogen and oxygen atoms in total. The molecule has 0 bridgehead atoms. The van der Waals surface area contributed by atoms with Crippen LogP contribution in [0.15, 0.2) is 63.5 Å². The predicted octanol–water partition coefficient (Wildman–Crippen LogP) is 2.16. The van der Waals surface area contributed by atoms with Crippen LogP contribution in [0.25, 0.3) is 27.7 Å². The lowest BCUT2D eigenvalue weighted by molar-refractivity contribution is -0.144. The van der Waals surface area contributed by atoms with Crippen molar-refractivity contribution in [2.75, 3.05) is 13.7 Å². The number of aliphatic hydroxyl groups is 1. The molecule has 2 aromatic carbocycles. The summed E-state index contributed by atoms with van der Waals surface area (Å²) in [6.45, 7) is -1.05. The van der Waals surface area contributed by atoms with Gasteiger partial charge in [0.15, 0.2) is 5.58 Å². The van der Waals surface area contributed by atoms with Crippen LogP contribution in [0.5, 0.6) is 0 Å². The van der Waals surface area contributed by atoms with Crippen molar-refractivity contribution in [1.82, 2.24) is 14.5 Å². The number of hydrogen-bond acceptors (Lipinski definition) is 8. The number of nitrogens with zero attached hydrogens (tertiary/aromatic N) is 2. The third kappa shape index (κ3) is 3.90. The van der Waals surface area contributed by atoms with Gasteiger partial charge in [0.25, 0.3) is 0 Å². The second kappa shape index (κ2) is 8.19. The highest BCUT2D eigenvalue weighted by Gasteiger charge is 2.23. The van der Waals surface area contributed by atoms with Crippen molar-refractivity contribution in [3.8, 4) is 0 Å². The standard InChI is InChI=1S/C21H17N3O7/c1-29-20(27)18(19-22-12-6-2-3-7-13(12)23-19)15(25)11-30-17(26)10-24-14-8-4-5-9-16(14)31-21(24)28/h2-9,25H,10-11H2,1H3,(H,22,23)/b18-15+. The molecule has 0 aliphatic rings. The van der Waals surface area contributed by atoms with Crippen molar-refractivity contribution in [3.63, 3.8) is 0 Å². The van der Waals surface area contributed by atoms with Crippen molar-refractivity contribution >= 4 is 39.6 Å². The summed E-state index contributed by atoms with van der Waals surface area (Å²) in [6, 6.07) is 13.7. The fraction of sp³-hybridized carbons (Fsp3) is 0.143. The van der Waals surface area contributed by atoms with Crippen LogP contribution in [-0.2, 0) is 25.6 Å². The van der Waals surface area contributed by atoms with Crippen molar-refractivity contribution in [2.24, 2.45) is 0 Å². The summed E-state index contributed by atoms with van der Waals surface area (Å²) in [6.07, 6.45) is 0. The van der Waals surface area contributed by atoms with Gasteiger partial charge in [-0.2, -0.15) is 0 Å². The van der Waals surface area contributed by atoms with Crippen LogP contribution >= 0.6 is 0 Å². The van der Waals surface area contributed by atoms with Gasteiger partial charge >= 0.3 is 17.7 Å². The van der Waals surface area contributed by atoms with Gasteiger partial charge in [-0.25, -0.2) is 14.6 Å². The average Bonchev–Trinajstić information content (AvgIpc) is 3.33. The number of benzene rings is 2. The summed E-state index contributed by atoms with van der Waals surface area (Å²) < 4.78 is 16.0. The van der Waals surface area contributed by atoms with Gasteiger partial charge in [0.05, 0.1) is 23.7 Å². The number of methoxy groups -OCH3 is 1. The van der Waals surface area contributed by atoms with E-state index in [1.165, 1.54) is 0 Å². The van der Waals surface area contributed by atoms with E-state index in [4.69, 9.17) is 13.9 Å². The maximum absolute atomic E-state index is 12.3. The molecule has 4 aromatic rings. The van der Waals surface area contributed by atoms with Crippen molar-refractivity contribution in [3.05, 3.63) is 70.7 Å². The Labute approximate surface area is 174 Å². The highest BCUT2D eigenvalue weighted by atomic mass is 16.5. The number of hydrogen-bond donors (Lipinski definition) is 2. The molecule has 0 unspecified atom stereocenters. The average molecular weight is 423 g/mol. The van der Waals surface area contributed by atoms with Crippen LogP contribution in [0.4, 0.5) is 0 Å². The van der Waals surface area contributed by atoms with Crippen LogP contribution in [-0.4, -0.2) is 45.3 Å². The third-order valence-electron chi connectivity index (χ3n) is 4.54. The first-order valence-electron chi connectivity index (χ1n) is 9.17. The lowest BCUT2D eigenvalue weighted by atomic mass is 10.2. The number of imidazole rings is 1. The maximum Gasteiger partial charge on any atom is 0.420 e. The van der Waals surface area contributed by atoms with Crippen molar-refractivity contribution in [1.29, 1.82) is 0 Å². The summed E-state index contributed by atoms with van der Waals surface area (Å²) in [7, 11) is 1.15. The van der Waals surface area contributed by atoms with E-state index < -0.39 is 36.6 Å². The highest BCUT2D eigenvalue weighted by molar-refractivity contribution is 6.16. The second-order valence-corrected chi connectivity index (χ2v) is 6.50. The van der Waals surface area contributed by atoms with Gasteiger partial charge in [-0.1, -0.05) is 24.3 Å². The quantitative estimate of drug-likeness (QED) is 0.273. The molecule has 0 aliphatic heterocycles. The molecule has 0 saturated heterocycles. The number of para-hydroxylation sites is 4. The first-order chi connectivity index (χ1) is 15.0. The number of carbonyl (C=O) groups excluding carboxylic acids is 2. The molecule has 2 aromatic heterocycles. The molecule has 158 valence electrons. The first kappa shape index (κ1) is 20.0. The molecule has 0 atom stereocenters. The number of nitrogens with one attached hydrogen (secondary N) is 1. The molecule has 0 spiro atoms. The number of rotatable bonds is 6. The Kier molecular flexibility index (Phi) is 5.27. The zero-order valence-corrected chi connectivity index (χ0v) is 16.3. The fourth-order valence-corrected chi connectivity index (χ4v) is 3.08. The molecule has 31 heavy (non-hydrogen) atoms. The van der Waals surface area contributed by atoms with E-state index in [1.54, 1.807) is 48.5 Å². The lowest BCUT2D eigenvalue weighted by Gasteiger charge is -2.08. The van der Waals surface area contributed by atoms with Gasteiger partial charge < -0.3 is 24.0 Å². The summed E-state index contributed by atoms with van der Waals surface area (Å²) in [4.78, 5) is 43.6. The largest absolute Gasteiger partial charge is 0.508 e. The van der Waals surface area contributed by atoms with Gasteiger partial charge in [-0.05, 0) is 24.3 Å². The minimum atomic E-state index is -0.857. The number of oxazole rings is 1. The molecular weight excluding hydrogens is 406 g/mol. The topological polar surface area (TPSA) is 137 Å². The second-order valence-electron chi connectivity index (χ2n) is 6.50. The molecular formula is C21H17N3O7. The van der Waals surface area contributed by atoms with E-state index >= 15 is 0 Å². The number of aromatic nitrogens is 3. The van der Waals surface area contributed by atoms with Crippen LogP contribution in [0.1, 0.15) is 5.82 Å². The van der Waals surface area contributed by atoms with E-state index in [1.807, 2.05) is 0 Å². The number of carbonyl (C=O) groups is 2. The van der Waals surface area contributed by atoms with Crippen LogP contribution < -0.4 is 5.76 Å². The highest BCUT2D eigenvalue weighted by Crippen LogP contribution is 2.21. The molecule has 0 saturated carbocycles. The number of H-pyrrole nitrogens is 1. The fourth-order valence-electron chi connectivity index (χ4n) is 3.08. The monoisotopic (exact) mass is 423 g/mol. The van der Waals surface area contributed by atoms with E-state index in [2.05, 4.69) is 9.97 Å². The molecule has 0 amide bonds. The zero-order chi connectivity index (χ0) is 22.0. The SMILES string of the molecule is COC(=O)/C(=C(/O)COC(=O)Cn1c(=O)oc2ccccc21)c1nc2ccccc2[nH]1. The Balaban J connectivity index is 1.55. The van der Waals surface area contributed by atoms with Crippen molar-refractivity contribution in [2.45, 2.75) is 6.54 Å². The zero-order valence-electron chi connectivity index (χ0n) is 16.3. The van der Waals surface area contributed by atoms with Crippen LogP contribution in [0.2, 0.25) is 0 Å². The van der Waals surface area contributed by atoms with Gasteiger partial charge in [-0.15, -0.1) is 0 Å². The number of fused-ring (bicyclic) bond motifs is 2. The summed E-state index contributed by atoms with van der Waals surface area (Å²) in [5, 5.41) is 10.4. The Bertz CT molecular complexity index is 1340. The molecule has 10 heteroatoms. The third-order valence-corrected chi connectivity index (χ3v) is 4.54. The molecule has 0 radical (unpaired) electrons. The van der Waals surface area contributed by atoms with E-state index in [0.29, 0.717) is 22.1 Å². The number of aromatic amines is 1. The summed E-state index contributed by atoms with van der Waals surface area (Å²) in [5.74, 6) is -2.86. The Morgan fingerprint density at radius 3 is 2.68 bits per heavy atom. The Morgan fingerprint density at radius 1 is 1.16 bits per heavy atom. The van der Waals surface area contributed by atoms with Gasteiger partial charge in [0, 0.05) is 0 Å². The van der Waals surface area contributed by atoms with E-state index in [0.717, 1.165) is 11.7 Å². The number of ether oxygens (including phenoxy) is 2. The minimum Gasteiger partial charge on any atom is -0.508 e.